The molecule has 23 heavy (non-hydrogen) atoms. The molecule has 1 atom stereocenters. The van der Waals surface area contributed by atoms with Gasteiger partial charge in [0.1, 0.15) is 5.82 Å². The highest BCUT2D eigenvalue weighted by Crippen LogP contribution is 2.30. The van der Waals surface area contributed by atoms with Gasteiger partial charge in [0.05, 0.1) is 12.6 Å². The molecule has 0 radical (unpaired) electrons. The van der Waals surface area contributed by atoms with Gasteiger partial charge in [0, 0.05) is 25.4 Å². The Kier molecular flexibility index (Phi) is 5.43. The first-order valence-corrected chi connectivity index (χ1v) is 8.88. The van der Waals surface area contributed by atoms with E-state index in [1.54, 1.807) is 0 Å². The van der Waals surface area contributed by atoms with Gasteiger partial charge in [-0.1, -0.05) is 24.9 Å². The Bertz CT molecular complexity index is 606. The quantitative estimate of drug-likeness (QED) is 0.783. The summed E-state index contributed by atoms with van der Waals surface area (Å²) in [6.07, 6.45) is 10.7. The Labute approximate surface area is 137 Å². The first-order chi connectivity index (χ1) is 11.3. The number of aryl methyl sites for hydroxylation is 2. The minimum absolute atomic E-state index is 0.358. The lowest BCUT2D eigenvalue weighted by Crippen LogP contribution is -2.34. The van der Waals surface area contributed by atoms with Gasteiger partial charge in [0.15, 0.2) is 5.82 Å². The van der Waals surface area contributed by atoms with Crippen molar-refractivity contribution in [2.24, 2.45) is 0 Å². The maximum atomic E-state index is 5.37. The molecule has 6 heteroatoms. The Morgan fingerprint density at radius 2 is 2.22 bits per heavy atom. The van der Waals surface area contributed by atoms with Crippen molar-refractivity contribution in [1.29, 1.82) is 0 Å². The molecule has 3 heterocycles. The zero-order chi connectivity index (χ0) is 16.1. The van der Waals surface area contributed by atoms with Gasteiger partial charge < -0.3 is 9.09 Å². The summed E-state index contributed by atoms with van der Waals surface area (Å²) < 4.78 is 7.61. The summed E-state index contributed by atoms with van der Waals surface area (Å²) in [5.41, 5.74) is 0. The molecule has 0 aliphatic carbocycles. The molecular formula is C17H27N5O. The van der Waals surface area contributed by atoms with E-state index in [1.807, 2.05) is 6.20 Å². The molecule has 1 aliphatic heterocycles. The van der Waals surface area contributed by atoms with E-state index in [0.717, 1.165) is 57.0 Å². The number of unbranched alkanes of at least 4 members (excludes halogenated alkanes) is 1. The van der Waals surface area contributed by atoms with Crippen LogP contribution in [0, 0.1) is 0 Å². The molecule has 0 unspecified atom stereocenters. The minimum Gasteiger partial charge on any atom is -0.339 e. The molecule has 3 rings (SSSR count). The second-order valence-electron chi connectivity index (χ2n) is 6.26. The normalized spacial score (nSPS) is 19.3. The maximum absolute atomic E-state index is 5.37. The van der Waals surface area contributed by atoms with Crippen LogP contribution in [0.25, 0.3) is 0 Å². The van der Waals surface area contributed by atoms with Gasteiger partial charge in [-0.05, 0) is 32.7 Å². The van der Waals surface area contributed by atoms with Crippen LogP contribution in [0.2, 0.25) is 0 Å². The fourth-order valence-electron chi connectivity index (χ4n) is 3.32. The second kappa shape index (κ2) is 7.73. The highest BCUT2D eigenvalue weighted by Gasteiger charge is 2.28. The summed E-state index contributed by atoms with van der Waals surface area (Å²) in [5, 5.41) is 4.17. The van der Waals surface area contributed by atoms with Gasteiger partial charge >= 0.3 is 0 Å². The van der Waals surface area contributed by atoms with Gasteiger partial charge in [-0.25, -0.2) is 4.98 Å². The van der Waals surface area contributed by atoms with Crippen LogP contribution in [0.1, 0.15) is 69.5 Å². The molecule has 2 aromatic rings. The average molecular weight is 317 g/mol. The second-order valence-corrected chi connectivity index (χ2v) is 6.26. The largest absolute Gasteiger partial charge is 0.339 e. The summed E-state index contributed by atoms with van der Waals surface area (Å²) in [6.45, 7) is 7.11. The molecule has 1 fully saturated rings. The third-order valence-corrected chi connectivity index (χ3v) is 4.60. The van der Waals surface area contributed by atoms with Crippen molar-refractivity contribution in [3.05, 3.63) is 29.9 Å². The smallest absolute Gasteiger partial charge is 0.226 e. The number of rotatable bonds is 7. The van der Waals surface area contributed by atoms with E-state index in [0.29, 0.717) is 6.04 Å². The van der Waals surface area contributed by atoms with Crippen LogP contribution >= 0.6 is 0 Å². The number of aromatic nitrogens is 4. The van der Waals surface area contributed by atoms with E-state index in [4.69, 9.17) is 4.52 Å². The Morgan fingerprint density at radius 1 is 1.30 bits per heavy atom. The summed E-state index contributed by atoms with van der Waals surface area (Å²) >= 11 is 0. The SMILES string of the molecule is CCCCc1nc(CN2CCCC[C@H]2c2nccn2CC)no1. The lowest BCUT2D eigenvalue weighted by molar-refractivity contribution is 0.126. The summed E-state index contributed by atoms with van der Waals surface area (Å²) in [6, 6.07) is 0.358. The van der Waals surface area contributed by atoms with E-state index in [1.165, 1.54) is 18.7 Å². The molecule has 0 N–H and O–H groups in total. The van der Waals surface area contributed by atoms with E-state index in [2.05, 4.69) is 44.6 Å². The predicted octanol–water partition coefficient (Wildman–Crippen LogP) is 3.36. The zero-order valence-electron chi connectivity index (χ0n) is 14.2. The molecule has 0 saturated carbocycles. The minimum atomic E-state index is 0.358. The first-order valence-electron chi connectivity index (χ1n) is 8.88. The van der Waals surface area contributed by atoms with E-state index >= 15 is 0 Å². The topological polar surface area (TPSA) is 60.0 Å². The van der Waals surface area contributed by atoms with Crippen LogP contribution in [0.5, 0.6) is 0 Å². The lowest BCUT2D eigenvalue weighted by Gasteiger charge is -2.34. The van der Waals surface area contributed by atoms with Crippen LogP contribution in [0.4, 0.5) is 0 Å². The molecule has 0 spiro atoms. The molecule has 1 saturated heterocycles. The van der Waals surface area contributed by atoms with Gasteiger partial charge in [-0.2, -0.15) is 4.98 Å². The third-order valence-electron chi connectivity index (χ3n) is 4.60. The Balaban J connectivity index is 1.70. The Morgan fingerprint density at radius 3 is 3.04 bits per heavy atom. The fraction of sp³-hybridized carbons (Fsp3) is 0.706. The van der Waals surface area contributed by atoms with Crippen LogP contribution in [0.15, 0.2) is 16.9 Å². The molecule has 6 nitrogen and oxygen atoms in total. The molecular weight excluding hydrogens is 290 g/mol. The molecule has 1 aliphatic rings. The van der Waals surface area contributed by atoms with Crippen molar-refractivity contribution in [2.75, 3.05) is 6.54 Å². The maximum Gasteiger partial charge on any atom is 0.226 e. The van der Waals surface area contributed by atoms with Gasteiger partial charge in [0.2, 0.25) is 5.89 Å². The van der Waals surface area contributed by atoms with E-state index < -0.39 is 0 Å². The average Bonchev–Trinajstić information content (AvgIpc) is 3.22. The standard InChI is InChI=1S/C17H27N5O/c1-3-5-9-16-19-15(20-23-16)13-22-11-7-6-8-14(22)17-18-10-12-21(17)4-2/h10,12,14H,3-9,11,13H2,1-2H3/t14-/m0/s1. The monoisotopic (exact) mass is 317 g/mol. The Hall–Kier alpha value is -1.69. The van der Waals surface area contributed by atoms with Crippen molar-refractivity contribution in [3.63, 3.8) is 0 Å². The van der Waals surface area contributed by atoms with E-state index in [9.17, 15) is 0 Å². The number of imidazole rings is 1. The van der Waals surface area contributed by atoms with Gasteiger partial charge in [-0.3, -0.25) is 4.90 Å². The first kappa shape index (κ1) is 16.2. The third kappa shape index (κ3) is 3.80. The summed E-state index contributed by atoms with van der Waals surface area (Å²) in [4.78, 5) is 11.6. The molecule has 126 valence electrons. The van der Waals surface area contributed by atoms with Crippen molar-refractivity contribution < 1.29 is 4.52 Å². The predicted molar refractivity (Wildman–Crippen MR) is 87.8 cm³/mol. The number of hydrogen-bond donors (Lipinski definition) is 0. The molecule has 0 amide bonds. The van der Waals surface area contributed by atoms with Gasteiger partial charge in [-0.15, -0.1) is 0 Å². The zero-order valence-corrected chi connectivity index (χ0v) is 14.2. The highest BCUT2D eigenvalue weighted by atomic mass is 16.5. The molecule has 2 aromatic heterocycles. The number of nitrogens with zero attached hydrogens (tertiary/aromatic N) is 5. The highest BCUT2D eigenvalue weighted by molar-refractivity contribution is 5.02. The summed E-state index contributed by atoms with van der Waals surface area (Å²) in [7, 11) is 0. The van der Waals surface area contributed by atoms with E-state index in [-0.39, 0.29) is 0 Å². The summed E-state index contributed by atoms with van der Waals surface area (Å²) in [5.74, 6) is 2.74. The fourth-order valence-corrected chi connectivity index (χ4v) is 3.32. The van der Waals surface area contributed by atoms with Crippen LogP contribution in [-0.4, -0.2) is 31.1 Å². The van der Waals surface area contributed by atoms with Gasteiger partial charge in [0.25, 0.3) is 0 Å². The van der Waals surface area contributed by atoms with Crippen molar-refractivity contribution in [3.8, 4) is 0 Å². The lowest BCUT2D eigenvalue weighted by atomic mass is 10.0. The van der Waals surface area contributed by atoms with Crippen LogP contribution < -0.4 is 0 Å². The number of likely N-dealkylation sites (tertiary alicyclic amines) is 1. The van der Waals surface area contributed by atoms with Crippen molar-refractivity contribution in [2.45, 2.75) is 71.5 Å². The molecule has 0 aromatic carbocycles. The van der Waals surface area contributed by atoms with Crippen molar-refractivity contribution in [1.82, 2.24) is 24.6 Å². The number of piperidine rings is 1. The van der Waals surface area contributed by atoms with Crippen LogP contribution in [-0.2, 0) is 19.5 Å². The van der Waals surface area contributed by atoms with Crippen molar-refractivity contribution >= 4 is 0 Å². The molecule has 0 bridgehead atoms. The van der Waals surface area contributed by atoms with Crippen LogP contribution in [0.3, 0.4) is 0 Å². The number of hydrogen-bond acceptors (Lipinski definition) is 5.